The third-order valence-electron chi connectivity index (χ3n) is 1.52. The summed E-state index contributed by atoms with van der Waals surface area (Å²) in [6, 6.07) is 2.91. The average molecular weight is 220 g/mol. The largest absolute Gasteiger partial charge is 0.573 e. The summed E-state index contributed by atoms with van der Waals surface area (Å²) < 4.78 is 38.9. The van der Waals surface area contributed by atoms with Crippen LogP contribution in [0.1, 0.15) is 10.4 Å². The molecule has 4 nitrogen and oxygen atoms in total. The summed E-state index contributed by atoms with van der Waals surface area (Å²) in [6.07, 6.45) is -4.79. The Hall–Kier alpha value is -1.92. The Morgan fingerprint density at radius 3 is 2.33 bits per heavy atom. The number of rotatable bonds is 2. The van der Waals surface area contributed by atoms with E-state index in [0.717, 1.165) is 18.2 Å². The molecule has 0 radical (unpaired) electrons. The highest BCUT2D eigenvalue weighted by Crippen LogP contribution is 2.25. The zero-order valence-electron chi connectivity index (χ0n) is 7.34. The van der Waals surface area contributed by atoms with Crippen LogP contribution in [0, 0.1) is 0 Å². The number of carbonyl (C=O) groups excluding carboxylic acids is 1. The fourth-order valence-electron chi connectivity index (χ4n) is 0.962. The van der Waals surface area contributed by atoms with E-state index < -0.39 is 18.0 Å². The fraction of sp³-hybridized carbons (Fsp3) is 0.125. The normalized spacial score (nSPS) is 11.1. The van der Waals surface area contributed by atoms with Crippen molar-refractivity contribution in [3.63, 3.8) is 0 Å². The van der Waals surface area contributed by atoms with Crippen molar-refractivity contribution in [1.29, 1.82) is 0 Å². The molecule has 4 N–H and O–H groups in total. The Balaban J connectivity index is 2.97. The SMILES string of the molecule is NC(=O)c1ccc(OC(F)(F)F)cc1N. The Labute approximate surface area is 82.6 Å². The number of amides is 1. The first kappa shape index (κ1) is 11.2. The van der Waals surface area contributed by atoms with Gasteiger partial charge in [0.25, 0.3) is 5.91 Å². The van der Waals surface area contributed by atoms with Gasteiger partial charge in [-0.25, -0.2) is 0 Å². The second kappa shape index (κ2) is 3.68. The summed E-state index contributed by atoms with van der Waals surface area (Å²) in [5.41, 5.74) is 9.99. The molecular formula is C8H7F3N2O2. The van der Waals surface area contributed by atoms with Crippen molar-refractivity contribution in [2.24, 2.45) is 5.73 Å². The summed E-state index contributed by atoms with van der Waals surface area (Å²) in [7, 11) is 0. The monoisotopic (exact) mass is 220 g/mol. The Morgan fingerprint density at radius 2 is 1.93 bits per heavy atom. The summed E-state index contributed by atoms with van der Waals surface area (Å²) in [5.74, 6) is -1.31. The maximum absolute atomic E-state index is 11.8. The van der Waals surface area contributed by atoms with E-state index in [4.69, 9.17) is 11.5 Å². The molecule has 0 aliphatic carbocycles. The molecule has 0 aliphatic rings. The molecule has 0 heterocycles. The van der Waals surface area contributed by atoms with Crippen molar-refractivity contribution in [3.8, 4) is 5.75 Å². The molecule has 7 heteroatoms. The van der Waals surface area contributed by atoms with Crippen LogP contribution in [0.3, 0.4) is 0 Å². The third kappa shape index (κ3) is 3.04. The van der Waals surface area contributed by atoms with Gasteiger partial charge in [0, 0.05) is 11.8 Å². The first-order valence-corrected chi connectivity index (χ1v) is 3.74. The topological polar surface area (TPSA) is 78.3 Å². The van der Waals surface area contributed by atoms with Crippen LogP contribution < -0.4 is 16.2 Å². The molecule has 0 unspecified atom stereocenters. The molecule has 0 aliphatic heterocycles. The van der Waals surface area contributed by atoms with Gasteiger partial charge in [-0.3, -0.25) is 4.79 Å². The molecule has 0 fully saturated rings. The highest BCUT2D eigenvalue weighted by Gasteiger charge is 2.31. The molecule has 15 heavy (non-hydrogen) atoms. The van der Waals surface area contributed by atoms with Gasteiger partial charge in [-0.15, -0.1) is 13.2 Å². The van der Waals surface area contributed by atoms with E-state index in [1.807, 2.05) is 0 Å². The minimum atomic E-state index is -4.79. The number of alkyl halides is 3. The molecule has 0 spiro atoms. The molecule has 0 bridgehead atoms. The van der Waals surface area contributed by atoms with Gasteiger partial charge in [-0.05, 0) is 12.1 Å². The molecule has 82 valence electrons. The molecule has 1 aromatic carbocycles. The van der Waals surface area contributed by atoms with Crippen molar-refractivity contribution >= 4 is 11.6 Å². The second-order valence-corrected chi connectivity index (χ2v) is 2.66. The standard InChI is InChI=1S/C8H7F3N2O2/c9-8(10,11)15-4-1-2-5(7(13)14)6(12)3-4/h1-3H,12H2,(H2,13,14). The lowest BCUT2D eigenvalue weighted by Crippen LogP contribution is -2.18. The predicted molar refractivity (Wildman–Crippen MR) is 46.1 cm³/mol. The number of nitrogens with two attached hydrogens (primary N) is 2. The van der Waals surface area contributed by atoms with E-state index in [0.29, 0.717) is 0 Å². The highest BCUT2D eigenvalue weighted by atomic mass is 19.4. The van der Waals surface area contributed by atoms with Crippen molar-refractivity contribution in [2.45, 2.75) is 6.36 Å². The summed E-state index contributed by atoms with van der Waals surface area (Å²) in [6.45, 7) is 0. The van der Waals surface area contributed by atoms with E-state index in [1.165, 1.54) is 0 Å². The molecule has 0 aromatic heterocycles. The van der Waals surface area contributed by atoms with E-state index >= 15 is 0 Å². The lowest BCUT2D eigenvalue weighted by molar-refractivity contribution is -0.274. The molecule has 0 saturated heterocycles. The number of halogens is 3. The minimum Gasteiger partial charge on any atom is -0.406 e. The number of primary amides is 1. The summed E-state index contributed by atoms with van der Waals surface area (Å²) >= 11 is 0. The number of anilines is 1. The summed E-state index contributed by atoms with van der Waals surface area (Å²) in [5, 5.41) is 0. The minimum absolute atomic E-state index is 0.0514. The van der Waals surface area contributed by atoms with Gasteiger partial charge in [0.2, 0.25) is 0 Å². The van der Waals surface area contributed by atoms with Crippen LogP contribution in [-0.2, 0) is 0 Å². The van der Waals surface area contributed by atoms with E-state index in [9.17, 15) is 18.0 Å². The molecule has 1 amide bonds. The third-order valence-corrected chi connectivity index (χ3v) is 1.52. The Bertz CT molecular complexity index is 390. The molecule has 0 saturated carbocycles. The van der Waals surface area contributed by atoms with Crippen LogP contribution in [0.5, 0.6) is 5.75 Å². The maximum Gasteiger partial charge on any atom is 0.573 e. The van der Waals surface area contributed by atoms with Gasteiger partial charge in [0.05, 0.1) is 5.56 Å². The van der Waals surface area contributed by atoms with Gasteiger partial charge >= 0.3 is 6.36 Å². The van der Waals surface area contributed by atoms with Crippen LogP contribution in [0.25, 0.3) is 0 Å². The quantitative estimate of drug-likeness (QED) is 0.736. The molecular weight excluding hydrogens is 213 g/mol. The predicted octanol–water partition coefficient (Wildman–Crippen LogP) is 1.27. The van der Waals surface area contributed by atoms with Crippen LogP contribution in [0.4, 0.5) is 18.9 Å². The van der Waals surface area contributed by atoms with Crippen LogP contribution in [0.15, 0.2) is 18.2 Å². The van der Waals surface area contributed by atoms with Gasteiger partial charge in [-0.1, -0.05) is 0 Å². The second-order valence-electron chi connectivity index (χ2n) is 2.66. The van der Waals surface area contributed by atoms with Crippen molar-refractivity contribution in [2.75, 3.05) is 5.73 Å². The average Bonchev–Trinajstić information content (AvgIpc) is 1.99. The molecule has 1 aromatic rings. The lowest BCUT2D eigenvalue weighted by atomic mass is 10.1. The first-order chi connectivity index (χ1) is 6.79. The fourth-order valence-corrected chi connectivity index (χ4v) is 0.962. The van der Waals surface area contributed by atoms with Crippen LogP contribution in [-0.4, -0.2) is 12.3 Å². The lowest BCUT2D eigenvalue weighted by Gasteiger charge is -2.10. The maximum atomic E-state index is 11.8. The number of hydrogen-bond donors (Lipinski definition) is 2. The number of hydrogen-bond acceptors (Lipinski definition) is 3. The van der Waals surface area contributed by atoms with Crippen molar-refractivity contribution < 1.29 is 22.7 Å². The van der Waals surface area contributed by atoms with Gasteiger partial charge in [0.15, 0.2) is 0 Å². The van der Waals surface area contributed by atoms with E-state index in [2.05, 4.69) is 4.74 Å². The first-order valence-electron chi connectivity index (χ1n) is 3.74. The summed E-state index contributed by atoms with van der Waals surface area (Å²) in [4.78, 5) is 10.7. The number of ether oxygens (including phenoxy) is 1. The smallest absolute Gasteiger partial charge is 0.406 e. The van der Waals surface area contributed by atoms with Crippen molar-refractivity contribution in [1.82, 2.24) is 0 Å². The van der Waals surface area contributed by atoms with E-state index in [1.54, 1.807) is 0 Å². The molecule has 0 atom stereocenters. The van der Waals surface area contributed by atoms with Crippen LogP contribution in [0.2, 0.25) is 0 Å². The van der Waals surface area contributed by atoms with Crippen molar-refractivity contribution in [3.05, 3.63) is 23.8 Å². The Morgan fingerprint density at radius 1 is 1.33 bits per heavy atom. The van der Waals surface area contributed by atoms with Crippen LogP contribution >= 0.6 is 0 Å². The molecule has 1 rings (SSSR count). The zero-order valence-corrected chi connectivity index (χ0v) is 7.34. The number of benzene rings is 1. The Kier molecular flexibility index (Phi) is 2.74. The van der Waals surface area contributed by atoms with E-state index in [-0.39, 0.29) is 11.3 Å². The number of nitrogen functional groups attached to an aromatic ring is 1. The number of carbonyl (C=O) groups is 1. The van der Waals surface area contributed by atoms with Gasteiger partial charge < -0.3 is 16.2 Å². The zero-order chi connectivity index (χ0) is 11.6. The highest BCUT2D eigenvalue weighted by molar-refractivity contribution is 5.98. The van der Waals surface area contributed by atoms with Gasteiger partial charge in [0.1, 0.15) is 5.75 Å². The van der Waals surface area contributed by atoms with Gasteiger partial charge in [-0.2, -0.15) is 0 Å².